The molecule has 8 nitrogen and oxygen atoms in total. The molecule has 2 amide bonds. The van der Waals surface area contributed by atoms with Crippen LogP contribution in [0.15, 0.2) is 33.8 Å². The predicted octanol–water partition coefficient (Wildman–Crippen LogP) is 2.91. The van der Waals surface area contributed by atoms with Crippen LogP contribution in [0.4, 0.5) is 0 Å². The number of hydrogen-bond acceptors (Lipinski definition) is 6. The third kappa shape index (κ3) is 5.84. The van der Waals surface area contributed by atoms with E-state index < -0.39 is 6.10 Å². The first-order chi connectivity index (χ1) is 13.7. The molecule has 1 heterocycles. The summed E-state index contributed by atoms with van der Waals surface area (Å²) in [7, 11) is 3.34. The van der Waals surface area contributed by atoms with Gasteiger partial charge < -0.3 is 18.8 Å². The first-order valence-electron chi connectivity index (χ1n) is 9.28. The fraction of sp³-hybridized carbons (Fsp3) is 0.381. The van der Waals surface area contributed by atoms with Gasteiger partial charge in [-0.3, -0.25) is 9.59 Å². The van der Waals surface area contributed by atoms with Crippen LogP contribution in [-0.2, 0) is 4.79 Å². The van der Waals surface area contributed by atoms with E-state index >= 15 is 0 Å². The molecule has 0 bridgehead atoms. The molecule has 0 fully saturated rings. The van der Waals surface area contributed by atoms with E-state index in [0.717, 1.165) is 0 Å². The van der Waals surface area contributed by atoms with Crippen molar-refractivity contribution in [3.8, 4) is 11.5 Å². The summed E-state index contributed by atoms with van der Waals surface area (Å²) in [5.74, 6) is 1.65. The maximum absolute atomic E-state index is 12.2. The van der Waals surface area contributed by atoms with E-state index in [1.165, 1.54) is 11.1 Å². The first kappa shape index (κ1) is 22.0. The zero-order chi connectivity index (χ0) is 21.6. The van der Waals surface area contributed by atoms with Gasteiger partial charge in [0.1, 0.15) is 11.5 Å². The Labute approximate surface area is 170 Å². The van der Waals surface area contributed by atoms with Crippen molar-refractivity contribution in [3.63, 3.8) is 0 Å². The largest absolute Gasteiger partial charge is 0.490 e. The van der Waals surface area contributed by atoms with Crippen LogP contribution in [-0.4, -0.2) is 49.7 Å². The number of likely N-dealkylation sites (N-methyl/N-ethyl adjacent to an activating group) is 1. The molecular weight excluding hydrogens is 374 g/mol. The van der Waals surface area contributed by atoms with Gasteiger partial charge in [0.25, 0.3) is 11.8 Å². The van der Waals surface area contributed by atoms with E-state index in [1.54, 1.807) is 59.1 Å². The maximum atomic E-state index is 12.2. The Kier molecular flexibility index (Phi) is 7.41. The molecule has 156 valence electrons. The van der Waals surface area contributed by atoms with E-state index in [-0.39, 0.29) is 11.8 Å². The molecule has 0 aliphatic rings. The number of amides is 2. The molecule has 0 saturated heterocycles. The number of nitrogens with one attached hydrogen (secondary N) is 1. The fourth-order valence-corrected chi connectivity index (χ4v) is 2.66. The number of aryl methyl sites for hydroxylation is 2. The van der Waals surface area contributed by atoms with Gasteiger partial charge in [0.15, 0.2) is 17.6 Å². The molecule has 1 N–H and O–H groups in total. The van der Waals surface area contributed by atoms with Gasteiger partial charge in [-0.1, -0.05) is 0 Å². The second-order valence-corrected chi connectivity index (χ2v) is 6.66. The minimum absolute atomic E-state index is 0.148. The highest BCUT2D eigenvalue weighted by Gasteiger charge is 2.18. The summed E-state index contributed by atoms with van der Waals surface area (Å²) >= 11 is 0. The van der Waals surface area contributed by atoms with Gasteiger partial charge >= 0.3 is 0 Å². The SMILES string of the molecule is CCOc1cc(/C=N\NC(=O)c2cc(C)oc2C)ccc1O[C@H](C)C(=O)N(C)C. The molecule has 0 aliphatic carbocycles. The van der Waals surface area contributed by atoms with Gasteiger partial charge in [-0.25, -0.2) is 5.43 Å². The Morgan fingerprint density at radius 1 is 1.24 bits per heavy atom. The summed E-state index contributed by atoms with van der Waals surface area (Å²) in [5, 5.41) is 3.99. The summed E-state index contributed by atoms with van der Waals surface area (Å²) in [5.41, 5.74) is 3.62. The molecule has 1 aromatic heterocycles. The van der Waals surface area contributed by atoms with E-state index in [1.807, 2.05) is 6.92 Å². The Morgan fingerprint density at radius 3 is 2.55 bits per heavy atom. The highest BCUT2D eigenvalue weighted by atomic mass is 16.5. The minimum atomic E-state index is -0.648. The van der Waals surface area contributed by atoms with E-state index in [9.17, 15) is 9.59 Å². The second-order valence-electron chi connectivity index (χ2n) is 6.66. The van der Waals surface area contributed by atoms with Crippen LogP contribution in [0.1, 0.15) is 41.3 Å². The Bertz CT molecular complexity index is 902. The average molecular weight is 401 g/mol. The van der Waals surface area contributed by atoms with Crippen molar-refractivity contribution in [3.05, 3.63) is 46.9 Å². The highest BCUT2D eigenvalue weighted by molar-refractivity contribution is 5.95. The maximum Gasteiger partial charge on any atom is 0.274 e. The molecule has 0 saturated carbocycles. The molecule has 0 spiro atoms. The number of ether oxygens (including phenoxy) is 2. The molecule has 1 atom stereocenters. The Hall–Kier alpha value is -3.29. The van der Waals surface area contributed by atoms with Gasteiger partial charge in [0, 0.05) is 14.1 Å². The smallest absolute Gasteiger partial charge is 0.274 e. The van der Waals surface area contributed by atoms with Gasteiger partial charge in [0.2, 0.25) is 0 Å². The van der Waals surface area contributed by atoms with Gasteiger partial charge in [-0.05, 0) is 57.5 Å². The molecule has 2 rings (SSSR count). The van der Waals surface area contributed by atoms with Crippen molar-refractivity contribution in [2.75, 3.05) is 20.7 Å². The Balaban J connectivity index is 2.10. The first-order valence-corrected chi connectivity index (χ1v) is 9.28. The van der Waals surface area contributed by atoms with Crippen molar-refractivity contribution in [2.45, 2.75) is 33.8 Å². The summed E-state index contributed by atoms with van der Waals surface area (Å²) in [6.45, 7) is 7.47. The number of carbonyl (C=O) groups excluding carboxylic acids is 2. The number of nitrogens with zero attached hydrogens (tertiary/aromatic N) is 2. The zero-order valence-electron chi connectivity index (χ0n) is 17.6. The van der Waals surface area contributed by atoms with E-state index in [4.69, 9.17) is 13.9 Å². The van der Waals surface area contributed by atoms with Crippen LogP contribution in [0.5, 0.6) is 11.5 Å². The summed E-state index contributed by atoms with van der Waals surface area (Å²) in [6.07, 6.45) is 0.852. The third-order valence-corrected chi connectivity index (χ3v) is 4.03. The molecule has 0 aliphatic heterocycles. The van der Waals surface area contributed by atoms with Gasteiger partial charge in [-0.15, -0.1) is 0 Å². The number of benzene rings is 1. The van der Waals surface area contributed by atoms with Crippen molar-refractivity contribution < 1.29 is 23.5 Å². The highest BCUT2D eigenvalue weighted by Crippen LogP contribution is 2.29. The van der Waals surface area contributed by atoms with Crippen molar-refractivity contribution >= 4 is 18.0 Å². The lowest BCUT2D eigenvalue weighted by molar-refractivity contribution is -0.135. The molecular formula is C21H27N3O5. The van der Waals surface area contributed by atoms with Crippen molar-refractivity contribution in [1.29, 1.82) is 0 Å². The lowest BCUT2D eigenvalue weighted by Crippen LogP contribution is -2.35. The predicted molar refractivity (Wildman–Crippen MR) is 110 cm³/mol. The molecule has 29 heavy (non-hydrogen) atoms. The van der Waals surface area contributed by atoms with Crippen LogP contribution in [0, 0.1) is 13.8 Å². The van der Waals surface area contributed by atoms with E-state index in [0.29, 0.717) is 40.8 Å². The number of carbonyl (C=O) groups is 2. The van der Waals surface area contributed by atoms with Gasteiger partial charge in [-0.2, -0.15) is 5.10 Å². The van der Waals surface area contributed by atoms with E-state index in [2.05, 4.69) is 10.5 Å². The lowest BCUT2D eigenvalue weighted by Gasteiger charge is -2.20. The number of hydrogen-bond donors (Lipinski definition) is 1. The fourth-order valence-electron chi connectivity index (χ4n) is 2.66. The summed E-state index contributed by atoms with van der Waals surface area (Å²) < 4.78 is 16.7. The average Bonchev–Trinajstić information content (AvgIpc) is 3.01. The molecule has 0 radical (unpaired) electrons. The van der Waals surface area contributed by atoms with Crippen molar-refractivity contribution in [1.82, 2.24) is 10.3 Å². The monoisotopic (exact) mass is 401 g/mol. The minimum Gasteiger partial charge on any atom is -0.490 e. The normalized spacial score (nSPS) is 11.9. The summed E-state index contributed by atoms with van der Waals surface area (Å²) in [6, 6.07) is 6.86. The van der Waals surface area contributed by atoms with Gasteiger partial charge in [0.05, 0.1) is 18.4 Å². The molecule has 0 unspecified atom stereocenters. The topological polar surface area (TPSA) is 93.4 Å². The van der Waals surface area contributed by atoms with Crippen LogP contribution in [0.25, 0.3) is 0 Å². The Morgan fingerprint density at radius 2 is 1.97 bits per heavy atom. The number of rotatable bonds is 8. The molecule has 1 aromatic carbocycles. The zero-order valence-corrected chi connectivity index (χ0v) is 17.6. The second kappa shape index (κ2) is 9.77. The number of hydrazone groups is 1. The van der Waals surface area contributed by atoms with Crippen molar-refractivity contribution in [2.24, 2.45) is 5.10 Å². The third-order valence-electron chi connectivity index (χ3n) is 4.03. The van der Waals surface area contributed by atoms with Crippen LogP contribution < -0.4 is 14.9 Å². The van der Waals surface area contributed by atoms with Crippen LogP contribution >= 0.6 is 0 Å². The molecule has 8 heteroatoms. The van der Waals surface area contributed by atoms with Crippen LogP contribution in [0.2, 0.25) is 0 Å². The number of furan rings is 1. The van der Waals surface area contributed by atoms with Crippen LogP contribution in [0.3, 0.4) is 0 Å². The quantitative estimate of drug-likeness (QED) is 0.542. The standard InChI is InChI=1S/C21H27N3O5/c1-7-27-19-11-16(8-9-18(19)29-15(4)21(26)24(5)6)12-22-23-20(25)17-10-13(2)28-14(17)3/h8-12,15H,7H2,1-6H3,(H,23,25)/b22-12-/t15-/m1/s1. The summed E-state index contributed by atoms with van der Waals surface area (Å²) in [4.78, 5) is 25.7. The molecule has 2 aromatic rings. The lowest BCUT2D eigenvalue weighted by atomic mass is 10.2.